The van der Waals surface area contributed by atoms with Gasteiger partial charge in [-0.25, -0.2) is 0 Å². The predicted octanol–water partition coefficient (Wildman–Crippen LogP) is 3.60. The SMILES string of the molecule is Nc1cnoc1-c1cc(C(F)(F)F)ccc1Cl. The fourth-order valence-electron chi connectivity index (χ4n) is 1.33. The molecule has 0 radical (unpaired) electrons. The van der Waals surface area contributed by atoms with E-state index in [2.05, 4.69) is 5.16 Å². The molecule has 0 bridgehead atoms. The summed E-state index contributed by atoms with van der Waals surface area (Å²) in [6.07, 6.45) is -3.25. The van der Waals surface area contributed by atoms with E-state index in [1.165, 1.54) is 6.20 Å². The summed E-state index contributed by atoms with van der Waals surface area (Å²) in [5, 5.41) is 3.50. The Bertz CT molecular complexity index is 551. The van der Waals surface area contributed by atoms with Gasteiger partial charge in [0, 0.05) is 5.56 Å². The molecular formula is C10H6ClF3N2O. The van der Waals surface area contributed by atoms with Crippen molar-refractivity contribution in [2.45, 2.75) is 6.18 Å². The first-order chi connectivity index (χ1) is 7.89. The minimum atomic E-state index is -4.45. The molecule has 0 aliphatic carbocycles. The van der Waals surface area contributed by atoms with Crippen molar-refractivity contribution < 1.29 is 17.7 Å². The van der Waals surface area contributed by atoms with Gasteiger partial charge in [0.1, 0.15) is 5.69 Å². The van der Waals surface area contributed by atoms with Crippen LogP contribution in [0.4, 0.5) is 18.9 Å². The number of nitrogens with zero attached hydrogens (tertiary/aromatic N) is 1. The van der Waals surface area contributed by atoms with Crippen LogP contribution in [0.25, 0.3) is 11.3 Å². The van der Waals surface area contributed by atoms with Gasteiger partial charge in [-0.2, -0.15) is 13.2 Å². The molecule has 2 rings (SSSR count). The van der Waals surface area contributed by atoms with Crippen LogP contribution < -0.4 is 5.73 Å². The number of nitrogens with two attached hydrogens (primary N) is 1. The smallest absolute Gasteiger partial charge is 0.394 e. The van der Waals surface area contributed by atoms with E-state index in [1.54, 1.807) is 0 Å². The molecule has 0 amide bonds. The van der Waals surface area contributed by atoms with Gasteiger partial charge < -0.3 is 10.3 Å². The number of hydrogen-bond donors (Lipinski definition) is 1. The number of alkyl halides is 3. The Labute approximate surface area is 99.0 Å². The van der Waals surface area contributed by atoms with E-state index in [0.717, 1.165) is 18.2 Å². The number of halogens is 4. The van der Waals surface area contributed by atoms with Crippen LogP contribution in [0.1, 0.15) is 5.56 Å². The molecule has 90 valence electrons. The summed E-state index contributed by atoms with van der Waals surface area (Å²) >= 11 is 5.80. The third-order valence-corrected chi connectivity index (χ3v) is 2.47. The summed E-state index contributed by atoms with van der Waals surface area (Å²) in [5.74, 6) is 0.0288. The highest BCUT2D eigenvalue weighted by molar-refractivity contribution is 6.33. The standard InChI is InChI=1S/C10H6ClF3N2O/c11-7-2-1-5(10(12,13)14)3-6(7)9-8(15)4-16-17-9/h1-4H,15H2. The van der Waals surface area contributed by atoms with Crippen LogP contribution in [0.2, 0.25) is 5.02 Å². The number of anilines is 1. The average Bonchev–Trinajstić information content (AvgIpc) is 2.63. The molecule has 3 nitrogen and oxygen atoms in total. The summed E-state index contributed by atoms with van der Waals surface area (Å²) in [6, 6.07) is 2.90. The summed E-state index contributed by atoms with van der Waals surface area (Å²) in [7, 11) is 0. The zero-order valence-corrected chi connectivity index (χ0v) is 9.01. The molecule has 1 heterocycles. The lowest BCUT2D eigenvalue weighted by Crippen LogP contribution is -2.04. The van der Waals surface area contributed by atoms with Crippen molar-refractivity contribution in [3.63, 3.8) is 0 Å². The molecule has 17 heavy (non-hydrogen) atoms. The van der Waals surface area contributed by atoms with Crippen molar-refractivity contribution in [3.05, 3.63) is 35.0 Å². The van der Waals surface area contributed by atoms with Crippen LogP contribution in [0.3, 0.4) is 0 Å². The second kappa shape index (κ2) is 3.96. The fraction of sp³-hybridized carbons (Fsp3) is 0.100. The lowest BCUT2D eigenvalue weighted by atomic mass is 10.1. The van der Waals surface area contributed by atoms with E-state index in [4.69, 9.17) is 21.9 Å². The number of nitrogen functional groups attached to an aromatic ring is 1. The summed E-state index contributed by atoms with van der Waals surface area (Å²) in [5.41, 5.74) is 4.88. The van der Waals surface area contributed by atoms with Gasteiger partial charge in [0.2, 0.25) is 0 Å². The van der Waals surface area contributed by atoms with Crippen LogP contribution in [-0.4, -0.2) is 5.16 Å². The number of rotatable bonds is 1. The number of benzene rings is 1. The summed E-state index contributed by atoms with van der Waals surface area (Å²) in [4.78, 5) is 0. The van der Waals surface area contributed by atoms with E-state index in [9.17, 15) is 13.2 Å². The van der Waals surface area contributed by atoms with Gasteiger partial charge >= 0.3 is 6.18 Å². The normalized spacial score (nSPS) is 11.8. The lowest BCUT2D eigenvalue weighted by molar-refractivity contribution is -0.137. The zero-order chi connectivity index (χ0) is 12.6. The Balaban J connectivity index is 2.58. The topological polar surface area (TPSA) is 52.0 Å². The Hall–Kier alpha value is -1.69. The highest BCUT2D eigenvalue weighted by atomic mass is 35.5. The summed E-state index contributed by atoms with van der Waals surface area (Å²) in [6.45, 7) is 0. The van der Waals surface area contributed by atoms with Crippen LogP contribution in [-0.2, 0) is 6.18 Å². The van der Waals surface area contributed by atoms with E-state index >= 15 is 0 Å². The van der Waals surface area contributed by atoms with E-state index in [1.807, 2.05) is 0 Å². The monoisotopic (exact) mass is 262 g/mol. The molecule has 1 aromatic heterocycles. The van der Waals surface area contributed by atoms with Crippen LogP contribution in [0, 0.1) is 0 Å². The fourth-order valence-corrected chi connectivity index (χ4v) is 1.53. The van der Waals surface area contributed by atoms with Crippen molar-refractivity contribution in [1.29, 1.82) is 0 Å². The molecule has 2 N–H and O–H groups in total. The molecule has 0 aliphatic heterocycles. The van der Waals surface area contributed by atoms with Crippen molar-refractivity contribution in [1.82, 2.24) is 5.16 Å². The van der Waals surface area contributed by atoms with Crippen molar-refractivity contribution in [2.75, 3.05) is 5.73 Å². The van der Waals surface area contributed by atoms with E-state index < -0.39 is 11.7 Å². The van der Waals surface area contributed by atoms with Gasteiger partial charge in [0.05, 0.1) is 16.8 Å². The first-order valence-electron chi connectivity index (χ1n) is 4.47. The quantitative estimate of drug-likeness (QED) is 0.854. The van der Waals surface area contributed by atoms with Crippen molar-refractivity contribution in [2.24, 2.45) is 0 Å². The van der Waals surface area contributed by atoms with Gasteiger partial charge in [-0.15, -0.1) is 0 Å². The molecule has 0 fully saturated rings. The van der Waals surface area contributed by atoms with Crippen LogP contribution in [0.15, 0.2) is 28.9 Å². The van der Waals surface area contributed by atoms with E-state index in [-0.39, 0.29) is 22.0 Å². The molecule has 0 atom stereocenters. The maximum atomic E-state index is 12.5. The average molecular weight is 263 g/mol. The van der Waals surface area contributed by atoms with Gasteiger partial charge in [0.15, 0.2) is 5.76 Å². The highest BCUT2D eigenvalue weighted by Crippen LogP contribution is 2.37. The van der Waals surface area contributed by atoms with Gasteiger partial charge in [-0.05, 0) is 18.2 Å². The van der Waals surface area contributed by atoms with E-state index in [0.29, 0.717) is 0 Å². The largest absolute Gasteiger partial charge is 0.416 e. The molecule has 0 unspecified atom stereocenters. The van der Waals surface area contributed by atoms with Crippen molar-refractivity contribution in [3.8, 4) is 11.3 Å². The number of aromatic nitrogens is 1. The Morgan fingerprint density at radius 2 is 2.00 bits per heavy atom. The molecule has 0 aliphatic rings. The maximum Gasteiger partial charge on any atom is 0.416 e. The first-order valence-corrected chi connectivity index (χ1v) is 4.84. The second-order valence-corrected chi connectivity index (χ2v) is 3.71. The van der Waals surface area contributed by atoms with Crippen molar-refractivity contribution >= 4 is 17.3 Å². The lowest BCUT2D eigenvalue weighted by Gasteiger charge is -2.09. The molecule has 7 heteroatoms. The Morgan fingerprint density at radius 3 is 2.53 bits per heavy atom. The molecular weight excluding hydrogens is 257 g/mol. The molecule has 0 spiro atoms. The zero-order valence-electron chi connectivity index (χ0n) is 8.25. The predicted molar refractivity (Wildman–Crippen MR) is 56.4 cm³/mol. The second-order valence-electron chi connectivity index (χ2n) is 3.30. The minimum Gasteiger partial charge on any atom is -0.394 e. The summed E-state index contributed by atoms with van der Waals surface area (Å²) < 4.78 is 42.3. The van der Waals surface area contributed by atoms with Gasteiger partial charge in [-0.1, -0.05) is 16.8 Å². The number of hydrogen-bond acceptors (Lipinski definition) is 3. The third-order valence-electron chi connectivity index (χ3n) is 2.14. The van der Waals surface area contributed by atoms with Gasteiger partial charge in [-0.3, -0.25) is 0 Å². The minimum absolute atomic E-state index is 0.0288. The van der Waals surface area contributed by atoms with Gasteiger partial charge in [0.25, 0.3) is 0 Å². The maximum absolute atomic E-state index is 12.5. The Morgan fingerprint density at radius 1 is 1.29 bits per heavy atom. The first kappa shape index (κ1) is 11.8. The molecule has 2 aromatic rings. The highest BCUT2D eigenvalue weighted by Gasteiger charge is 2.31. The molecule has 0 saturated heterocycles. The Kier molecular flexibility index (Phi) is 2.74. The molecule has 1 aromatic carbocycles. The third kappa shape index (κ3) is 2.21. The van der Waals surface area contributed by atoms with Crippen LogP contribution in [0.5, 0.6) is 0 Å². The van der Waals surface area contributed by atoms with Crippen LogP contribution >= 0.6 is 11.6 Å². The molecule has 0 saturated carbocycles.